The van der Waals surface area contributed by atoms with Gasteiger partial charge in [-0.05, 0) is 31.2 Å². The first kappa shape index (κ1) is 19.1. The number of nitrogens with zero attached hydrogens (tertiary/aromatic N) is 2. The van der Waals surface area contributed by atoms with Crippen molar-refractivity contribution in [3.63, 3.8) is 0 Å². The number of carbonyl (C=O) groups is 4. The Labute approximate surface area is 158 Å². The van der Waals surface area contributed by atoms with Gasteiger partial charge in [0.15, 0.2) is 0 Å². The third-order valence-electron chi connectivity index (χ3n) is 5.46. The number of hydrogen-bond acceptors (Lipinski definition) is 4. The average molecular weight is 371 g/mol. The van der Waals surface area contributed by atoms with Crippen molar-refractivity contribution in [2.24, 2.45) is 5.92 Å². The van der Waals surface area contributed by atoms with Crippen molar-refractivity contribution < 1.29 is 19.2 Å². The van der Waals surface area contributed by atoms with Gasteiger partial charge in [0.1, 0.15) is 6.54 Å². The molecule has 1 heterocycles. The van der Waals surface area contributed by atoms with Crippen molar-refractivity contribution in [2.45, 2.75) is 51.6 Å². The van der Waals surface area contributed by atoms with Crippen LogP contribution in [0.15, 0.2) is 30.3 Å². The SMILES string of the molecule is C[C@H](NC(=O)CN1C(=O)C(=O)N([C@H]2CCCC[C@H]2C)C1=O)c1ccccc1. The highest BCUT2D eigenvalue weighted by molar-refractivity contribution is 6.45. The molecule has 0 bridgehead atoms. The summed E-state index contributed by atoms with van der Waals surface area (Å²) in [4.78, 5) is 51.5. The van der Waals surface area contributed by atoms with Crippen molar-refractivity contribution in [2.75, 3.05) is 6.54 Å². The monoisotopic (exact) mass is 371 g/mol. The molecule has 1 aromatic carbocycles. The van der Waals surface area contributed by atoms with E-state index in [1.165, 1.54) is 0 Å². The number of imide groups is 2. The van der Waals surface area contributed by atoms with E-state index in [1.807, 2.05) is 44.2 Å². The quantitative estimate of drug-likeness (QED) is 0.635. The maximum atomic E-state index is 12.7. The van der Waals surface area contributed by atoms with Crippen molar-refractivity contribution in [3.05, 3.63) is 35.9 Å². The van der Waals surface area contributed by atoms with E-state index in [4.69, 9.17) is 0 Å². The number of benzene rings is 1. The molecule has 1 N–H and O–H groups in total. The van der Waals surface area contributed by atoms with Gasteiger partial charge in [-0.2, -0.15) is 0 Å². The maximum absolute atomic E-state index is 12.7. The average Bonchev–Trinajstić information content (AvgIpc) is 2.86. The second kappa shape index (κ2) is 7.90. The standard InChI is InChI=1S/C20H25N3O4/c1-13-8-6-7-11-16(13)23-19(26)18(25)22(20(23)27)12-17(24)21-14(2)15-9-4-3-5-10-15/h3-5,9-10,13-14,16H,6-8,11-12H2,1-2H3,(H,21,24)/t13-,14+,16+/m1/s1. The summed E-state index contributed by atoms with van der Waals surface area (Å²) in [5, 5.41) is 2.77. The Bertz CT molecular complexity index is 749. The highest BCUT2D eigenvalue weighted by Crippen LogP contribution is 2.31. The Morgan fingerprint density at radius 1 is 1.11 bits per heavy atom. The predicted octanol–water partition coefficient (Wildman–Crippen LogP) is 2.23. The van der Waals surface area contributed by atoms with Gasteiger partial charge >= 0.3 is 17.8 Å². The minimum absolute atomic E-state index is 0.159. The van der Waals surface area contributed by atoms with Gasteiger partial charge in [-0.25, -0.2) is 9.69 Å². The van der Waals surface area contributed by atoms with Gasteiger partial charge in [0.2, 0.25) is 5.91 Å². The Kier molecular flexibility index (Phi) is 5.58. The molecule has 2 fully saturated rings. The second-order valence-electron chi connectivity index (χ2n) is 7.38. The molecular weight excluding hydrogens is 346 g/mol. The van der Waals surface area contributed by atoms with E-state index in [-0.39, 0.29) is 18.0 Å². The van der Waals surface area contributed by atoms with Gasteiger partial charge < -0.3 is 5.32 Å². The van der Waals surface area contributed by atoms with E-state index in [2.05, 4.69) is 5.32 Å². The molecule has 27 heavy (non-hydrogen) atoms. The Morgan fingerprint density at radius 3 is 2.44 bits per heavy atom. The molecule has 1 aromatic rings. The van der Waals surface area contributed by atoms with E-state index < -0.39 is 30.3 Å². The van der Waals surface area contributed by atoms with Gasteiger partial charge in [-0.15, -0.1) is 0 Å². The van der Waals surface area contributed by atoms with E-state index in [0.29, 0.717) is 6.42 Å². The van der Waals surface area contributed by atoms with Crippen LogP contribution in [0.4, 0.5) is 4.79 Å². The molecule has 0 unspecified atom stereocenters. The van der Waals surface area contributed by atoms with Crippen LogP contribution < -0.4 is 5.32 Å². The van der Waals surface area contributed by atoms with Crippen molar-refractivity contribution in [1.82, 2.24) is 15.1 Å². The molecule has 2 aliphatic rings. The lowest BCUT2D eigenvalue weighted by Crippen LogP contribution is -2.47. The van der Waals surface area contributed by atoms with Crippen LogP contribution in [-0.2, 0) is 14.4 Å². The maximum Gasteiger partial charge on any atom is 0.334 e. The lowest BCUT2D eigenvalue weighted by Gasteiger charge is -2.34. The Morgan fingerprint density at radius 2 is 1.78 bits per heavy atom. The van der Waals surface area contributed by atoms with Crippen LogP contribution >= 0.6 is 0 Å². The molecular formula is C20H25N3O4. The van der Waals surface area contributed by atoms with Crippen molar-refractivity contribution >= 4 is 23.8 Å². The molecule has 7 nitrogen and oxygen atoms in total. The fourth-order valence-corrected chi connectivity index (χ4v) is 3.89. The topological polar surface area (TPSA) is 86.8 Å². The lowest BCUT2D eigenvalue weighted by atomic mass is 9.85. The summed E-state index contributed by atoms with van der Waals surface area (Å²) >= 11 is 0. The molecule has 3 atom stereocenters. The van der Waals surface area contributed by atoms with Crippen LogP contribution in [0.25, 0.3) is 0 Å². The first-order chi connectivity index (χ1) is 12.9. The lowest BCUT2D eigenvalue weighted by molar-refractivity contribution is -0.145. The highest BCUT2D eigenvalue weighted by Gasteiger charge is 2.49. The molecule has 0 radical (unpaired) electrons. The smallest absolute Gasteiger partial charge is 0.334 e. The molecule has 5 amide bonds. The van der Waals surface area contributed by atoms with Crippen molar-refractivity contribution in [1.29, 1.82) is 0 Å². The van der Waals surface area contributed by atoms with E-state index in [9.17, 15) is 19.2 Å². The summed E-state index contributed by atoms with van der Waals surface area (Å²) in [5.41, 5.74) is 0.915. The molecule has 1 saturated carbocycles. The normalized spacial score (nSPS) is 24.3. The minimum Gasteiger partial charge on any atom is -0.348 e. The summed E-state index contributed by atoms with van der Waals surface area (Å²) in [6.45, 7) is 3.37. The summed E-state index contributed by atoms with van der Waals surface area (Å²) in [6.07, 6.45) is 3.61. The van der Waals surface area contributed by atoms with Gasteiger partial charge in [-0.3, -0.25) is 19.3 Å². The third-order valence-corrected chi connectivity index (χ3v) is 5.46. The molecule has 1 aliphatic carbocycles. The summed E-state index contributed by atoms with van der Waals surface area (Å²) in [5.74, 6) is -2.05. The number of rotatable bonds is 5. The van der Waals surface area contributed by atoms with Gasteiger partial charge in [0.25, 0.3) is 0 Å². The Balaban J connectivity index is 1.66. The zero-order valence-corrected chi connectivity index (χ0v) is 15.7. The molecule has 0 aromatic heterocycles. The van der Waals surface area contributed by atoms with Crippen LogP contribution in [0.2, 0.25) is 0 Å². The molecule has 0 spiro atoms. The molecule has 3 rings (SSSR count). The summed E-state index contributed by atoms with van der Waals surface area (Å²) < 4.78 is 0. The second-order valence-corrected chi connectivity index (χ2v) is 7.38. The first-order valence-electron chi connectivity index (χ1n) is 9.43. The highest BCUT2D eigenvalue weighted by atomic mass is 16.2. The van der Waals surface area contributed by atoms with E-state index in [0.717, 1.165) is 34.6 Å². The number of nitrogens with one attached hydrogen (secondary N) is 1. The molecule has 1 saturated heterocycles. The van der Waals surface area contributed by atoms with Crippen molar-refractivity contribution in [3.8, 4) is 0 Å². The number of hydrogen-bond donors (Lipinski definition) is 1. The number of urea groups is 1. The fraction of sp³-hybridized carbons (Fsp3) is 0.500. The zero-order valence-electron chi connectivity index (χ0n) is 15.7. The summed E-state index contributed by atoms with van der Waals surface area (Å²) in [6, 6.07) is 8.17. The van der Waals surface area contributed by atoms with Gasteiger partial charge in [0.05, 0.1) is 6.04 Å². The van der Waals surface area contributed by atoms with Crippen LogP contribution in [0.3, 0.4) is 0 Å². The number of carbonyl (C=O) groups excluding carboxylic acids is 4. The number of amides is 5. The summed E-state index contributed by atoms with van der Waals surface area (Å²) in [7, 11) is 0. The van der Waals surface area contributed by atoms with E-state index in [1.54, 1.807) is 0 Å². The van der Waals surface area contributed by atoms with Gasteiger partial charge in [-0.1, -0.05) is 50.1 Å². The van der Waals surface area contributed by atoms with Gasteiger partial charge in [0, 0.05) is 6.04 Å². The molecule has 144 valence electrons. The zero-order chi connectivity index (χ0) is 19.6. The molecule has 1 aliphatic heterocycles. The van der Waals surface area contributed by atoms with Crippen LogP contribution in [0.5, 0.6) is 0 Å². The minimum atomic E-state index is -0.916. The third kappa shape index (κ3) is 3.86. The van der Waals surface area contributed by atoms with Crippen LogP contribution in [0, 0.1) is 5.92 Å². The van der Waals surface area contributed by atoms with Crippen LogP contribution in [0.1, 0.15) is 51.1 Å². The fourth-order valence-electron chi connectivity index (χ4n) is 3.89. The molecule has 7 heteroatoms. The first-order valence-corrected chi connectivity index (χ1v) is 9.43. The predicted molar refractivity (Wildman–Crippen MR) is 98.4 cm³/mol. The Hall–Kier alpha value is -2.70. The van der Waals surface area contributed by atoms with Crippen LogP contribution in [-0.4, -0.2) is 46.1 Å². The van der Waals surface area contributed by atoms with E-state index >= 15 is 0 Å². The largest absolute Gasteiger partial charge is 0.348 e.